The molecule has 2 N–H and O–H groups in total. The fourth-order valence-electron chi connectivity index (χ4n) is 1.02. The lowest BCUT2D eigenvalue weighted by molar-refractivity contribution is 0.0536. The second kappa shape index (κ2) is 3.23. The third-order valence-corrected chi connectivity index (χ3v) is 2.81. The number of hydrogen-bond donors (Lipinski definition) is 1. The van der Waals surface area contributed by atoms with Crippen molar-refractivity contribution in [1.29, 1.82) is 0 Å². The molecule has 5 heteroatoms. The summed E-state index contributed by atoms with van der Waals surface area (Å²) in [5, 5.41) is 0. The van der Waals surface area contributed by atoms with Gasteiger partial charge in [-0.2, -0.15) is 0 Å². The van der Waals surface area contributed by atoms with E-state index >= 15 is 0 Å². The lowest BCUT2D eigenvalue weighted by Crippen LogP contribution is -2.27. The molecular formula is C6H14NO3P. The van der Waals surface area contributed by atoms with Crippen molar-refractivity contribution >= 4 is 7.75 Å². The Hall–Kier alpha value is 0.110. The van der Waals surface area contributed by atoms with Crippen LogP contribution in [0, 0.1) is 5.92 Å². The van der Waals surface area contributed by atoms with E-state index in [0.29, 0.717) is 12.5 Å². The molecule has 11 heavy (non-hydrogen) atoms. The van der Waals surface area contributed by atoms with Crippen molar-refractivity contribution in [1.82, 2.24) is 0 Å². The van der Waals surface area contributed by atoms with Gasteiger partial charge in [-0.3, -0.25) is 9.05 Å². The SMILES string of the molecule is CC(C)C1CCOP(N)(=O)O1. The predicted molar refractivity (Wildman–Crippen MR) is 42.1 cm³/mol. The molecule has 1 aliphatic rings. The largest absolute Gasteiger partial charge is 0.403 e. The van der Waals surface area contributed by atoms with E-state index in [1.807, 2.05) is 13.8 Å². The summed E-state index contributed by atoms with van der Waals surface area (Å²) in [6, 6.07) is 0. The molecule has 2 unspecified atom stereocenters. The summed E-state index contributed by atoms with van der Waals surface area (Å²) in [5.41, 5.74) is 5.22. The summed E-state index contributed by atoms with van der Waals surface area (Å²) in [6.07, 6.45) is 0.762. The van der Waals surface area contributed by atoms with Gasteiger partial charge in [0.15, 0.2) is 0 Å². The van der Waals surface area contributed by atoms with Gasteiger partial charge < -0.3 is 0 Å². The summed E-state index contributed by atoms with van der Waals surface area (Å²) in [7, 11) is -3.20. The molecule has 0 aromatic rings. The van der Waals surface area contributed by atoms with Crippen LogP contribution in [-0.4, -0.2) is 12.7 Å². The van der Waals surface area contributed by atoms with E-state index in [9.17, 15) is 4.57 Å². The van der Waals surface area contributed by atoms with E-state index in [0.717, 1.165) is 6.42 Å². The van der Waals surface area contributed by atoms with Gasteiger partial charge in [0.1, 0.15) is 0 Å². The summed E-state index contributed by atoms with van der Waals surface area (Å²) in [5.74, 6) is 0.343. The van der Waals surface area contributed by atoms with E-state index in [4.69, 9.17) is 14.6 Å². The molecule has 66 valence electrons. The topological polar surface area (TPSA) is 61.5 Å². The quantitative estimate of drug-likeness (QED) is 0.620. The zero-order chi connectivity index (χ0) is 8.48. The van der Waals surface area contributed by atoms with E-state index in [2.05, 4.69) is 0 Å². The highest BCUT2D eigenvalue weighted by atomic mass is 31.2. The van der Waals surface area contributed by atoms with Crippen LogP contribution in [0.4, 0.5) is 0 Å². The van der Waals surface area contributed by atoms with Crippen molar-refractivity contribution in [3.8, 4) is 0 Å². The molecule has 0 amide bonds. The molecule has 1 aliphatic heterocycles. The van der Waals surface area contributed by atoms with Gasteiger partial charge in [-0.15, -0.1) is 0 Å². The average Bonchev–Trinajstić information content (AvgIpc) is 1.85. The monoisotopic (exact) mass is 179 g/mol. The van der Waals surface area contributed by atoms with Gasteiger partial charge in [-0.1, -0.05) is 13.8 Å². The average molecular weight is 179 g/mol. The van der Waals surface area contributed by atoms with Crippen molar-refractivity contribution in [2.75, 3.05) is 6.61 Å². The van der Waals surface area contributed by atoms with Crippen LogP contribution in [0.1, 0.15) is 20.3 Å². The summed E-state index contributed by atoms with van der Waals surface area (Å²) in [6.45, 7) is 4.46. The Kier molecular flexibility index (Phi) is 2.70. The highest BCUT2D eigenvalue weighted by molar-refractivity contribution is 7.51. The number of nitrogens with two attached hydrogens (primary N) is 1. The van der Waals surface area contributed by atoms with Gasteiger partial charge >= 0.3 is 7.75 Å². The first-order chi connectivity index (χ1) is 5.01. The molecule has 1 fully saturated rings. The van der Waals surface area contributed by atoms with Gasteiger partial charge in [-0.25, -0.2) is 10.1 Å². The second-order valence-corrected chi connectivity index (χ2v) is 4.60. The van der Waals surface area contributed by atoms with Crippen LogP contribution in [0.2, 0.25) is 0 Å². The lowest BCUT2D eigenvalue weighted by atomic mass is 10.1. The smallest absolute Gasteiger partial charge is 0.297 e. The van der Waals surface area contributed by atoms with E-state index in [1.165, 1.54) is 0 Å². The van der Waals surface area contributed by atoms with E-state index in [1.54, 1.807) is 0 Å². The van der Waals surface area contributed by atoms with Crippen LogP contribution >= 0.6 is 7.75 Å². The maximum atomic E-state index is 11.1. The minimum Gasteiger partial charge on any atom is -0.297 e. The first kappa shape index (κ1) is 9.20. The van der Waals surface area contributed by atoms with Crippen LogP contribution in [0.15, 0.2) is 0 Å². The molecule has 1 heterocycles. The normalized spacial score (nSPS) is 39.5. The molecule has 0 aromatic carbocycles. The van der Waals surface area contributed by atoms with Crippen molar-refractivity contribution in [2.24, 2.45) is 11.4 Å². The van der Waals surface area contributed by atoms with E-state index < -0.39 is 7.75 Å². The van der Waals surface area contributed by atoms with E-state index in [-0.39, 0.29) is 6.10 Å². The molecule has 4 nitrogen and oxygen atoms in total. The van der Waals surface area contributed by atoms with Gasteiger partial charge in [0.05, 0.1) is 12.7 Å². The first-order valence-electron chi connectivity index (χ1n) is 3.73. The van der Waals surface area contributed by atoms with Crippen molar-refractivity contribution < 1.29 is 13.6 Å². The Labute approximate surface area is 66.6 Å². The Balaban J connectivity index is 2.53. The van der Waals surface area contributed by atoms with Crippen LogP contribution in [-0.2, 0) is 13.6 Å². The van der Waals surface area contributed by atoms with Crippen LogP contribution in [0.3, 0.4) is 0 Å². The molecule has 0 aromatic heterocycles. The molecule has 0 radical (unpaired) electrons. The van der Waals surface area contributed by atoms with Gasteiger partial charge in [0.2, 0.25) is 0 Å². The Morgan fingerprint density at radius 2 is 2.27 bits per heavy atom. The molecule has 1 saturated heterocycles. The highest BCUT2D eigenvalue weighted by Crippen LogP contribution is 2.45. The molecule has 0 spiro atoms. The fourth-order valence-corrected chi connectivity index (χ4v) is 2.17. The van der Waals surface area contributed by atoms with Crippen molar-refractivity contribution in [3.05, 3.63) is 0 Å². The Bertz CT molecular complexity index is 183. The molecule has 0 saturated carbocycles. The van der Waals surface area contributed by atoms with Gasteiger partial charge in [0.25, 0.3) is 0 Å². The zero-order valence-corrected chi connectivity index (χ0v) is 7.71. The van der Waals surface area contributed by atoms with Gasteiger partial charge in [0, 0.05) is 0 Å². The van der Waals surface area contributed by atoms with Crippen molar-refractivity contribution in [3.63, 3.8) is 0 Å². The molecule has 1 rings (SSSR count). The molecule has 0 bridgehead atoms. The predicted octanol–water partition coefficient (Wildman–Crippen LogP) is 1.51. The standard InChI is InChI=1S/C6H14NO3P/c1-5(2)6-3-4-9-11(7,8)10-6/h5-6H,3-4H2,1-2H3,(H2,7,8). The molecule has 2 atom stereocenters. The third kappa shape index (κ3) is 2.56. The maximum Gasteiger partial charge on any atom is 0.403 e. The van der Waals surface area contributed by atoms with Crippen LogP contribution < -0.4 is 5.50 Å². The Morgan fingerprint density at radius 1 is 1.64 bits per heavy atom. The minimum atomic E-state index is -3.20. The molecular weight excluding hydrogens is 165 g/mol. The fraction of sp³-hybridized carbons (Fsp3) is 1.00. The maximum absolute atomic E-state index is 11.1. The first-order valence-corrected chi connectivity index (χ1v) is 5.34. The number of hydrogen-bond acceptors (Lipinski definition) is 3. The third-order valence-electron chi connectivity index (χ3n) is 1.70. The summed E-state index contributed by atoms with van der Waals surface area (Å²) >= 11 is 0. The lowest BCUT2D eigenvalue weighted by Gasteiger charge is -2.29. The Morgan fingerprint density at radius 3 is 2.64 bits per heavy atom. The number of rotatable bonds is 1. The van der Waals surface area contributed by atoms with Crippen LogP contribution in [0.5, 0.6) is 0 Å². The minimum absolute atomic E-state index is 0.0143. The highest BCUT2D eigenvalue weighted by Gasteiger charge is 2.30. The van der Waals surface area contributed by atoms with Gasteiger partial charge in [-0.05, 0) is 12.3 Å². The van der Waals surface area contributed by atoms with Crippen LogP contribution in [0.25, 0.3) is 0 Å². The zero-order valence-electron chi connectivity index (χ0n) is 6.82. The summed E-state index contributed by atoms with van der Waals surface area (Å²) in [4.78, 5) is 0. The molecule has 0 aliphatic carbocycles. The van der Waals surface area contributed by atoms with Crippen molar-refractivity contribution in [2.45, 2.75) is 26.4 Å². The summed E-state index contributed by atoms with van der Waals surface area (Å²) < 4.78 is 20.9. The second-order valence-electron chi connectivity index (χ2n) is 3.05.